The lowest BCUT2D eigenvalue weighted by Crippen LogP contribution is -2.19. The molecule has 1 aromatic heterocycles. The van der Waals surface area contributed by atoms with Crippen LogP contribution in [-0.4, -0.2) is 21.6 Å². The fourth-order valence-corrected chi connectivity index (χ4v) is 3.96. The Bertz CT molecular complexity index is 566. The van der Waals surface area contributed by atoms with Crippen molar-refractivity contribution in [2.75, 3.05) is 6.54 Å². The molecule has 112 valence electrons. The molecule has 21 heavy (non-hydrogen) atoms. The molecule has 0 aliphatic carbocycles. The number of thioether (sulfide) groups is 1. The molecule has 2 aromatic rings. The number of hydrogen-bond donors (Lipinski definition) is 1. The predicted octanol–water partition coefficient (Wildman–Crippen LogP) is 3.35. The number of fused-ring (bicyclic) bond motifs is 1. The van der Waals surface area contributed by atoms with Gasteiger partial charge in [0.25, 0.3) is 0 Å². The van der Waals surface area contributed by atoms with Gasteiger partial charge in [-0.25, -0.2) is 0 Å². The third kappa shape index (κ3) is 3.89. The zero-order valence-electron chi connectivity index (χ0n) is 12.7. The van der Waals surface area contributed by atoms with Crippen molar-refractivity contribution in [3.63, 3.8) is 0 Å². The van der Waals surface area contributed by atoms with E-state index in [9.17, 15) is 0 Å². The Morgan fingerprint density at radius 2 is 2.19 bits per heavy atom. The first-order chi connectivity index (χ1) is 10.2. The van der Waals surface area contributed by atoms with Gasteiger partial charge in [0.2, 0.25) is 0 Å². The summed E-state index contributed by atoms with van der Waals surface area (Å²) in [6.45, 7) is 7.34. The number of nitrogens with one attached hydrogen (secondary N) is 1. The second kappa shape index (κ2) is 6.67. The molecule has 3 rings (SSSR count). The lowest BCUT2D eigenvalue weighted by Gasteiger charge is -2.08. The highest BCUT2D eigenvalue weighted by Gasteiger charge is 2.22. The molecule has 1 atom stereocenters. The van der Waals surface area contributed by atoms with Crippen molar-refractivity contribution < 1.29 is 0 Å². The molecule has 1 unspecified atom stereocenters. The van der Waals surface area contributed by atoms with Crippen LogP contribution in [0.1, 0.15) is 25.1 Å². The summed E-state index contributed by atoms with van der Waals surface area (Å²) in [6, 6.07) is 10.9. The average Bonchev–Trinajstić information content (AvgIpc) is 3.04. The van der Waals surface area contributed by atoms with Crippen molar-refractivity contribution >= 4 is 11.8 Å². The van der Waals surface area contributed by atoms with Crippen molar-refractivity contribution in [1.29, 1.82) is 0 Å². The van der Waals surface area contributed by atoms with Gasteiger partial charge < -0.3 is 5.32 Å². The molecule has 1 aliphatic heterocycles. The minimum Gasteiger partial charge on any atom is -0.311 e. The molecule has 0 radical (unpaired) electrons. The average molecular weight is 301 g/mol. The van der Waals surface area contributed by atoms with E-state index in [4.69, 9.17) is 0 Å². The van der Waals surface area contributed by atoms with Gasteiger partial charge in [-0.15, -0.1) is 11.8 Å². The molecule has 0 amide bonds. The smallest absolute Gasteiger partial charge is 0.0762 e. The van der Waals surface area contributed by atoms with Crippen LogP contribution in [0.4, 0.5) is 0 Å². The molecule has 1 aromatic carbocycles. The van der Waals surface area contributed by atoms with Crippen molar-refractivity contribution in [1.82, 2.24) is 15.1 Å². The van der Waals surface area contributed by atoms with E-state index in [-0.39, 0.29) is 0 Å². The lowest BCUT2D eigenvalue weighted by molar-refractivity contribution is 0.536. The number of rotatable bonds is 6. The van der Waals surface area contributed by atoms with Crippen molar-refractivity contribution in [2.24, 2.45) is 5.92 Å². The van der Waals surface area contributed by atoms with Gasteiger partial charge in [0.05, 0.1) is 12.2 Å². The van der Waals surface area contributed by atoms with Crippen LogP contribution in [0, 0.1) is 5.92 Å². The molecule has 1 aliphatic rings. The predicted molar refractivity (Wildman–Crippen MR) is 88.6 cm³/mol. The molecule has 0 bridgehead atoms. The van der Waals surface area contributed by atoms with E-state index < -0.39 is 0 Å². The van der Waals surface area contributed by atoms with Gasteiger partial charge in [0.15, 0.2) is 0 Å². The largest absolute Gasteiger partial charge is 0.311 e. The molecule has 0 fully saturated rings. The maximum atomic E-state index is 4.67. The van der Waals surface area contributed by atoms with Gasteiger partial charge >= 0.3 is 0 Å². The van der Waals surface area contributed by atoms with Crippen LogP contribution in [0.3, 0.4) is 0 Å². The van der Waals surface area contributed by atoms with E-state index in [1.165, 1.54) is 10.5 Å². The molecule has 0 spiro atoms. The van der Waals surface area contributed by atoms with E-state index >= 15 is 0 Å². The Hall–Kier alpha value is -1.26. The third-order valence-corrected chi connectivity index (χ3v) is 4.96. The highest BCUT2D eigenvalue weighted by atomic mass is 32.2. The van der Waals surface area contributed by atoms with E-state index in [1.54, 1.807) is 0 Å². The lowest BCUT2D eigenvalue weighted by atomic mass is 10.1. The third-order valence-electron chi connectivity index (χ3n) is 3.66. The summed E-state index contributed by atoms with van der Waals surface area (Å²) < 4.78 is 2.09. The minimum absolute atomic E-state index is 0.610. The van der Waals surface area contributed by atoms with E-state index in [1.807, 2.05) is 11.8 Å². The monoisotopic (exact) mass is 301 g/mol. The maximum absolute atomic E-state index is 4.67. The summed E-state index contributed by atoms with van der Waals surface area (Å²) in [5.41, 5.74) is 2.62. The van der Waals surface area contributed by atoms with Gasteiger partial charge in [-0.1, -0.05) is 32.0 Å². The zero-order chi connectivity index (χ0) is 14.7. The summed E-state index contributed by atoms with van der Waals surface area (Å²) in [5.74, 6) is 0.681. The maximum Gasteiger partial charge on any atom is 0.0762 e. The van der Waals surface area contributed by atoms with Crippen LogP contribution in [0.2, 0.25) is 0 Å². The minimum atomic E-state index is 0.610. The Morgan fingerprint density at radius 1 is 1.33 bits per heavy atom. The molecule has 0 saturated carbocycles. The number of nitrogens with zero attached hydrogens (tertiary/aromatic N) is 2. The number of benzene rings is 1. The summed E-state index contributed by atoms with van der Waals surface area (Å²) in [6.07, 6.45) is 3.26. The highest BCUT2D eigenvalue weighted by molar-refractivity contribution is 8.00. The van der Waals surface area contributed by atoms with E-state index in [2.05, 4.69) is 65.5 Å². The van der Waals surface area contributed by atoms with Crippen LogP contribution in [0.5, 0.6) is 0 Å². The standard InChI is InChI=1S/C17H23N3S/c1-13(2)10-18-11-15-7-8-20(19-15)12-16-9-14-5-3-4-6-17(14)21-16/h3-8,13,16,18H,9-12H2,1-2H3. The van der Waals surface area contributed by atoms with Crippen molar-refractivity contribution in [3.8, 4) is 0 Å². The second-order valence-electron chi connectivity index (χ2n) is 6.11. The summed E-state index contributed by atoms with van der Waals surface area (Å²) in [5, 5.41) is 8.73. The quantitative estimate of drug-likeness (QED) is 0.887. The fraction of sp³-hybridized carbons (Fsp3) is 0.471. The normalized spacial score (nSPS) is 17.4. The summed E-state index contributed by atoms with van der Waals surface area (Å²) >= 11 is 1.99. The topological polar surface area (TPSA) is 29.9 Å². The Labute approximate surface area is 131 Å². The summed E-state index contributed by atoms with van der Waals surface area (Å²) in [7, 11) is 0. The van der Waals surface area contributed by atoms with Crippen LogP contribution in [0.15, 0.2) is 41.4 Å². The number of hydrogen-bond acceptors (Lipinski definition) is 3. The highest BCUT2D eigenvalue weighted by Crippen LogP contribution is 2.37. The first kappa shape index (κ1) is 14.7. The van der Waals surface area contributed by atoms with E-state index in [0.29, 0.717) is 11.2 Å². The molecule has 0 saturated heterocycles. The van der Waals surface area contributed by atoms with Crippen LogP contribution >= 0.6 is 11.8 Å². The van der Waals surface area contributed by atoms with Gasteiger partial charge in [0, 0.05) is 22.9 Å². The molecular weight excluding hydrogens is 278 g/mol. The molecule has 2 heterocycles. The zero-order valence-corrected chi connectivity index (χ0v) is 13.6. The van der Waals surface area contributed by atoms with Crippen LogP contribution in [-0.2, 0) is 19.5 Å². The second-order valence-corrected chi connectivity index (χ2v) is 7.45. The van der Waals surface area contributed by atoms with Crippen molar-refractivity contribution in [2.45, 2.75) is 43.5 Å². The van der Waals surface area contributed by atoms with Gasteiger partial charge in [0.1, 0.15) is 0 Å². The Balaban J connectivity index is 1.52. The van der Waals surface area contributed by atoms with Crippen LogP contribution in [0.25, 0.3) is 0 Å². The summed E-state index contributed by atoms with van der Waals surface area (Å²) in [4.78, 5) is 1.44. The first-order valence-electron chi connectivity index (χ1n) is 7.68. The molecular formula is C17H23N3S. The number of aromatic nitrogens is 2. The van der Waals surface area contributed by atoms with E-state index in [0.717, 1.165) is 31.7 Å². The Morgan fingerprint density at radius 3 is 3.00 bits per heavy atom. The molecule has 4 heteroatoms. The SMILES string of the molecule is CC(C)CNCc1ccn(CC2Cc3ccccc3S2)n1. The van der Waals surface area contributed by atoms with Gasteiger partial charge in [-0.3, -0.25) is 4.68 Å². The molecule has 3 nitrogen and oxygen atoms in total. The first-order valence-corrected chi connectivity index (χ1v) is 8.56. The van der Waals surface area contributed by atoms with Crippen molar-refractivity contribution in [3.05, 3.63) is 47.8 Å². The fourth-order valence-electron chi connectivity index (χ4n) is 2.65. The van der Waals surface area contributed by atoms with Crippen LogP contribution < -0.4 is 5.32 Å². The van der Waals surface area contributed by atoms with Gasteiger partial charge in [-0.2, -0.15) is 5.10 Å². The van der Waals surface area contributed by atoms with Gasteiger partial charge in [-0.05, 0) is 36.6 Å². The Kier molecular flexibility index (Phi) is 4.66. The molecule has 1 N–H and O–H groups in total.